The molecule has 0 saturated carbocycles. The van der Waals surface area contributed by atoms with Gasteiger partial charge in [-0.3, -0.25) is 4.99 Å². The van der Waals surface area contributed by atoms with Gasteiger partial charge in [0.15, 0.2) is 0 Å². The van der Waals surface area contributed by atoms with E-state index in [-0.39, 0.29) is 5.54 Å². The molecule has 0 amide bonds. The van der Waals surface area contributed by atoms with E-state index in [1.165, 1.54) is 0 Å². The Morgan fingerprint density at radius 3 is 1.94 bits per heavy atom. The van der Waals surface area contributed by atoms with Crippen LogP contribution in [-0.4, -0.2) is 30.8 Å². The molecule has 0 N–H and O–H groups in total. The minimum atomic E-state index is -0.751. The molecular weight excluding hydrogens is 202 g/mol. The lowest BCUT2D eigenvalue weighted by atomic mass is 10.1. The summed E-state index contributed by atoms with van der Waals surface area (Å²) in [5.74, 6) is -0.751. The average Bonchev–Trinajstić information content (AvgIpc) is 2.15. The Balaban J connectivity index is 4.85. The molecule has 0 radical (unpaired) electrons. The van der Waals surface area contributed by atoms with Gasteiger partial charge in [-0.2, -0.15) is 0 Å². The first-order chi connectivity index (χ1) is 7.39. The molecule has 0 aromatic rings. The molecule has 0 fully saturated rings. The van der Waals surface area contributed by atoms with E-state index in [4.69, 9.17) is 9.47 Å². The Bertz CT molecular complexity index is 223. The maximum atomic E-state index is 5.66. The smallest absolute Gasteiger partial charge is 0.208 e. The van der Waals surface area contributed by atoms with Crippen LogP contribution in [0.3, 0.4) is 0 Å². The van der Waals surface area contributed by atoms with Crippen molar-refractivity contribution < 1.29 is 9.47 Å². The number of hydrogen-bond donors (Lipinski definition) is 0. The predicted octanol–water partition coefficient (Wildman–Crippen LogP) is 3.20. The van der Waals surface area contributed by atoms with Gasteiger partial charge in [0.25, 0.3) is 0 Å². The molecule has 94 valence electrons. The lowest BCUT2D eigenvalue weighted by Crippen LogP contribution is -2.38. The average molecular weight is 227 g/mol. The lowest BCUT2D eigenvalue weighted by Gasteiger charge is -2.29. The fraction of sp³-hybridized carbons (Fsp3) is 0.769. The second-order valence-corrected chi connectivity index (χ2v) is 4.60. The Kier molecular flexibility index (Phi) is 6.53. The van der Waals surface area contributed by atoms with E-state index < -0.39 is 5.79 Å². The number of rotatable bonds is 7. The first kappa shape index (κ1) is 15.3. The summed E-state index contributed by atoms with van der Waals surface area (Å²) in [7, 11) is 0. The molecule has 16 heavy (non-hydrogen) atoms. The van der Waals surface area contributed by atoms with Crippen molar-refractivity contribution in [3.63, 3.8) is 0 Å². The van der Waals surface area contributed by atoms with Gasteiger partial charge in [-0.25, -0.2) is 0 Å². The van der Waals surface area contributed by atoms with Gasteiger partial charge in [-0.15, -0.1) is 6.58 Å². The summed E-state index contributed by atoms with van der Waals surface area (Å²) in [5.41, 5.74) is -0.124. The summed E-state index contributed by atoms with van der Waals surface area (Å²) in [6.07, 6.45) is 4.16. The Labute approximate surface area is 99.6 Å². The van der Waals surface area contributed by atoms with Crippen molar-refractivity contribution in [1.82, 2.24) is 0 Å². The zero-order chi connectivity index (χ0) is 12.7. The molecule has 0 aliphatic heterocycles. The monoisotopic (exact) mass is 227 g/mol. The van der Waals surface area contributed by atoms with Gasteiger partial charge in [-0.1, -0.05) is 6.08 Å². The minimum absolute atomic E-state index is 0.124. The molecule has 0 bridgehead atoms. The fourth-order valence-electron chi connectivity index (χ4n) is 1.27. The third kappa shape index (κ3) is 6.03. The second kappa shape index (κ2) is 6.81. The topological polar surface area (TPSA) is 30.8 Å². The summed E-state index contributed by atoms with van der Waals surface area (Å²) < 4.78 is 11.3. The van der Waals surface area contributed by atoms with Crippen molar-refractivity contribution in [3.8, 4) is 0 Å². The maximum Gasteiger partial charge on any atom is 0.208 e. The van der Waals surface area contributed by atoms with Gasteiger partial charge in [0.05, 0.1) is 11.8 Å². The highest BCUT2D eigenvalue weighted by atomic mass is 16.7. The van der Waals surface area contributed by atoms with E-state index in [2.05, 4.69) is 11.6 Å². The molecule has 0 rings (SSSR count). The van der Waals surface area contributed by atoms with Crippen molar-refractivity contribution in [2.24, 2.45) is 4.99 Å². The Hall–Kier alpha value is -0.670. The van der Waals surface area contributed by atoms with E-state index >= 15 is 0 Å². The zero-order valence-electron chi connectivity index (χ0n) is 11.2. The predicted molar refractivity (Wildman–Crippen MR) is 69.0 cm³/mol. The van der Waals surface area contributed by atoms with Crippen LogP contribution in [-0.2, 0) is 9.47 Å². The van der Waals surface area contributed by atoms with Crippen molar-refractivity contribution in [3.05, 3.63) is 12.7 Å². The molecular formula is C13H25NO2. The molecule has 0 unspecified atom stereocenters. The Morgan fingerprint density at radius 1 is 1.12 bits per heavy atom. The normalized spacial score (nSPS) is 13.3. The summed E-state index contributed by atoms with van der Waals surface area (Å²) in [5, 5.41) is 0. The lowest BCUT2D eigenvalue weighted by molar-refractivity contribution is -0.178. The van der Waals surface area contributed by atoms with Crippen LogP contribution in [0.2, 0.25) is 0 Å². The van der Waals surface area contributed by atoms with Crippen LogP contribution in [0.4, 0.5) is 0 Å². The summed E-state index contributed by atoms with van der Waals surface area (Å²) in [4.78, 5) is 4.46. The second-order valence-electron chi connectivity index (χ2n) is 4.60. The first-order valence-electron chi connectivity index (χ1n) is 5.84. The highest BCUT2D eigenvalue weighted by Crippen LogP contribution is 2.18. The van der Waals surface area contributed by atoms with Crippen molar-refractivity contribution in [2.75, 3.05) is 13.2 Å². The molecule has 0 aromatic carbocycles. The van der Waals surface area contributed by atoms with Crippen molar-refractivity contribution in [1.29, 1.82) is 0 Å². The molecule has 0 spiro atoms. The molecule has 0 heterocycles. The summed E-state index contributed by atoms with van der Waals surface area (Å²) in [6.45, 7) is 14.9. The third-order valence-corrected chi connectivity index (χ3v) is 1.85. The maximum absolute atomic E-state index is 5.66. The van der Waals surface area contributed by atoms with Gasteiger partial charge < -0.3 is 9.47 Å². The zero-order valence-corrected chi connectivity index (χ0v) is 11.2. The van der Waals surface area contributed by atoms with Crippen LogP contribution in [0.25, 0.3) is 0 Å². The van der Waals surface area contributed by atoms with Crippen LogP contribution < -0.4 is 0 Å². The van der Waals surface area contributed by atoms with Crippen LogP contribution in [0, 0.1) is 0 Å². The SMILES string of the molecule is C=CCC(C=NC(C)(C)C)(OCC)OCC. The molecule has 0 atom stereocenters. The van der Waals surface area contributed by atoms with E-state index in [9.17, 15) is 0 Å². The number of aliphatic imine (C=N–C) groups is 1. The Morgan fingerprint density at radius 2 is 1.62 bits per heavy atom. The van der Waals surface area contributed by atoms with Crippen LogP contribution in [0.15, 0.2) is 17.6 Å². The van der Waals surface area contributed by atoms with Crippen LogP contribution in [0.5, 0.6) is 0 Å². The number of nitrogens with zero attached hydrogens (tertiary/aromatic N) is 1. The van der Waals surface area contributed by atoms with Gasteiger partial charge in [0, 0.05) is 19.6 Å². The molecule has 3 nitrogen and oxygen atoms in total. The van der Waals surface area contributed by atoms with Gasteiger partial charge in [0.1, 0.15) is 0 Å². The van der Waals surface area contributed by atoms with Gasteiger partial charge >= 0.3 is 0 Å². The largest absolute Gasteiger partial charge is 0.345 e. The highest BCUT2D eigenvalue weighted by Gasteiger charge is 2.28. The molecule has 3 heteroatoms. The molecule has 0 saturated heterocycles. The number of hydrogen-bond acceptors (Lipinski definition) is 3. The van der Waals surface area contributed by atoms with Gasteiger partial charge in [-0.05, 0) is 34.6 Å². The van der Waals surface area contributed by atoms with Gasteiger partial charge in [0.2, 0.25) is 5.79 Å². The molecule has 0 aromatic heterocycles. The van der Waals surface area contributed by atoms with E-state index in [1.807, 2.05) is 34.6 Å². The van der Waals surface area contributed by atoms with Crippen LogP contribution >= 0.6 is 0 Å². The molecule has 0 aliphatic rings. The van der Waals surface area contributed by atoms with Crippen molar-refractivity contribution >= 4 is 6.21 Å². The minimum Gasteiger partial charge on any atom is -0.345 e. The third-order valence-electron chi connectivity index (χ3n) is 1.85. The summed E-state index contributed by atoms with van der Waals surface area (Å²) in [6, 6.07) is 0. The fourth-order valence-corrected chi connectivity index (χ4v) is 1.27. The summed E-state index contributed by atoms with van der Waals surface area (Å²) >= 11 is 0. The first-order valence-corrected chi connectivity index (χ1v) is 5.84. The van der Waals surface area contributed by atoms with E-state index in [1.54, 1.807) is 12.3 Å². The van der Waals surface area contributed by atoms with E-state index in [0.717, 1.165) is 0 Å². The van der Waals surface area contributed by atoms with E-state index in [0.29, 0.717) is 19.6 Å². The van der Waals surface area contributed by atoms with Crippen molar-refractivity contribution in [2.45, 2.75) is 52.4 Å². The standard InChI is InChI=1S/C13H25NO2/c1-7-10-13(15-8-2,16-9-3)11-14-12(4,5)6/h7,11H,1,8-10H2,2-6H3. The van der Waals surface area contributed by atoms with Crippen LogP contribution in [0.1, 0.15) is 41.0 Å². The molecule has 0 aliphatic carbocycles. The quantitative estimate of drug-likeness (QED) is 0.380. The highest BCUT2D eigenvalue weighted by molar-refractivity contribution is 5.67. The number of ether oxygens (including phenoxy) is 2.